The molecular weight excluding hydrogens is 761 g/mol. The summed E-state index contributed by atoms with van der Waals surface area (Å²) >= 11 is 0. The van der Waals surface area contributed by atoms with Crippen molar-refractivity contribution >= 4 is 44.9 Å². The van der Waals surface area contributed by atoms with Crippen molar-refractivity contribution in [2.75, 3.05) is 9.80 Å². The van der Waals surface area contributed by atoms with E-state index in [0.29, 0.717) is 0 Å². The van der Waals surface area contributed by atoms with Crippen LogP contribution in [0, 0.1) is 0 Å². The molecule has 11 rings (SSSR count). The molecule has 0 atom stereocenters. The molecule has 0 saturated heterocycles. The Morgan fingerprint density at radius 2 is 0.794 bits per heavy atom. The predicted molar refractivity (Wildman–Crippen MR) is 267 cm³/mol. The molecule has 0 aromatic heterocycles. The van der Waals surface area contributed by atoms with Gasteiger partial charge in [-0.2, -0.15) is 0 Å². The second kappa shape index (κ2) is 15.8. The molecule has 63 heavy (non-hydrogen) atoms. The molecule has 0 heterocycles. The molecule has 1 aliphatic rings. The van der Waals surface area contributed by atoms with Gasteiger partial charge in [0.05, 0.1) is 5.69 Å². The maximum absolute atomic E-state index is 2.40. The van der Waals surface area contributed by atoms with Crippen molar-refractivity contribution in [1.29, 1.82) is 0 Å². The van der Waals surface area contributed by atoms with Crippen molar-refractivity contribution in [3.8, 4) is 44.5 Å². The van der Waals surface area contributed by atoms with Crippen molar-refractivity contribution in [3.63, 3.8) is 0 Å². The van der Waals surface area contributed by atoms with Gasteiger partial charge in [-0.1, -0.05) is 190 Å². The third kappa shape index (κ3) is 6.87. The Balaban J connectivity index is 0.919. The van der Waals surface area contributed by atoms with Gasteiger partial charge in [-0.05, 0) is 128 Å². The number of anilines is 6. The lowest BCUT2D eigenvalue weighted by molar-refractivity contribution is 0.660. The highest BCUT2D eigenvalue weighted by Gasteiger charge is 2.35. The van der Waals surface area contributed by atoms with Gasteiger partial charge in [-0.15, -0.1) is 0 Å². The molecule has 2 heteroatoms. The van der Waals surface area contributed by atoms with Gasteiger partial charge in [0, 0.05) is 39.4 Å². The second-order valence-electron chi connectivity index (χ2n) is 17.0. The first-order valence-electron chi connectivity index (χ1n) is 21.8. The molecule has 1 aliphatic carbocycles. The van der Waals surface area contributed by atoms with Crippen molar-refractivity contribution in [1.82, 2.24) is 0 Å². The maximum atomic E-state index is 2.40. The van der Waals surface area contributed by atoms with E-state index < -0.39 is 0 Å². The van der Waals surface area contributed by atoms with Gasteiger partial charge < -0.3 is 9.80 Å². The van der Waals surface area contributed by atoms with E-state index in [1.165, 1.54) is 66.4 Å². The molecule has 0 bridgehead atoms. The van der Waals surface area contributed by atoms with Gasteiger partial charge in [-0.25, -0.2) is 0 Å². The lowest BCUT2D eigenvalue weighted by atomic mass is 9.82. The summed E-state index contributed by atoms with van der Waals surface area (Å²) in [5.74, 6) is 0. The highest BCUT2D eigenvalue weighted by molar-refractivity contribution is 6.05. The van der Waals surface area contributed by atoms with E-state index in [1.54, 1.807) is 0 Å². The summed E-state index contributed by atoms with van der Waals surface area (Å²) in [7, 11) is 0. The number of hydrogen-bond donors (Lipinski definition) is 0. The average Bonchev–Trinajstić information content (AvgIpc) is 3.58. The average molecular weight is 807 g/mol. The number of rotatable bonds is 9. The zero-order chi connectivity index (χ0) is 42.3. The van der Waals surface area contributed by atoms with E-state index in [1.807, 2.05) is 0 Å². The fourth-order valence-corrected chi connectivity index (χ4v) is 9.70. The Bertz CT molecular complexity index is 3230. The van der Waals surface area contributed by atoms with Crippen LogP contribution in [0.3, 0.4) is 0 Å². The van der Waals surface area contributed by atoms with E-state index in [2.05, 4.69) is 266 Å². The SMILES string of the molecule is CC1(C)c2ccccc2-c2ccc(N(c3ccccc3)c3cccc(-c4ccc(-c5ccc(N(c6ccccc6)c6ccc7ccccc7c6-c6ccccc6)cc5)cc4)c3)cc21. The van der Waals surface area contributed by atoms with Gasteiger partial charge in [0.1, 0.15) is 0 Å². The zero-order valence-electron chi connectivity index (χ0n) is 35.5. The van der Waals surface area contributed by atoms with Crippen LogP contribution in [0.1, 0.15) is 25.0 Å². The van der Waals surface area contributed by atoms with Gasteiger partial charge >= 0.3 is 0 Å². The van der Waals surface area contributed by atoms with Crippen LogP contribution < -0.4 is 9.80 Å². The molecule has 0 N–H and O–H groups in total. The van der Waals surface area contributed by atoms with Crippen molar-refractivity contribution in [2.45, 2.75) is 19.3 Å². The first-order valence-corrected chi connectivity index (χ1v) is 21.8. The monoisotopic (exact) mass is 806 g/mol. The van der Waals surface area contributed by atoms with Crippen molar-refractivity contribution in [2.24, 2.45) is 0 Å². The van der Waals surface area contributed by atoms with Crippen molar-refractivity contribution < 1.29 is 0 Å². The molecule has 0 fully saturated rings. The van der Waals surface area contributed by atoms with E-state index in [9.17, 15) is 0 Å². The first-order chi connectivity index (χ1) is 31.0. The first kappa shape index (κ1) is 38.0. The molecule has 300 valence electrons. The molecule has 10 aromatic rings. The van der Waals surface area contributed by atoms with Gasteiger partial charge in [-0.3, -0.25) is 0 Å². The topological polar surface area (TPSA) is 6.48 Å². The van der Waals surface area contributed by atoms with Crippen LogP contribution in [0.25, 0.3) is 55.3 Å². The molecule has 0 unspecified atom stereocenters. The number of fused-ring (bicyclic) bond motifs is 4. The van der Waals surface area contributed by atoms with Crippen LogP contribution in [0.15, 0.2) is 243 Å². The molecule has 0 saturated carbocycles. The quantitative estimate of drug-likeness (QED) is 0.143. The van der Waals surface area contributed by atoms with Gasteiger partial charge in [0.25, 0.3) is 0 Å². The van der Waals surface area contributed by atoms with Crippen LogP contribution in [0.5, 0.6) is 0 Å². The highest BCUT2D eigenvalue weighted by atomic mass is 15.1. The number of hydrogen-bond acceptors (Lipinski definition) is 2. The summed E-state index contributed by atoms with van der Waals surface area (Å²) in [6.45, 7) is 4.69. The van der Waals surface area contributed by atoms with E-state index in [-0.39, 0.29) is 5.41 Å². The summed E-state index contributed by atoms with van der Waals surface area (Å²) in [6, 6.07) is 88.1. The Hall–Kier alpha value is -7.94. The summed E-state index contributed by atoms with van der Waals surface area (Å²) in [5.41, 5.74) is 19.2. The van der Waals surface area contributed by atoms with Crippen LogP contribution in [-0.4, -0.2) is 0 Å². The minimum Gasteiger partial charge on any atom is -0.310 e. The summed E-state index contributed by atoms with van der Waals surface area (Å²) in [4.78, 5) is 4.77. The normalized spacial score (nSPS) is 12.4. The minimum absolute atomic E-state index is 0.0847. The summed E-state index contributed by atoms with van der Waals surface area (Å²) in [5, 5.41) is 2.46. The number of para-hydroxylation sites is 2. The van der Waals surface area contributed by atoms with E-state index >= 15 is 0 Å². The van der Waals surface area contributed by atoms with Gasteiger partial charge in [0.2, 0.25) is 0 Å². The second-order valence-corrected chi connectivity index (χ2v) is 17.0. The van der Waals surface area contributed by atoms with Crippen LogP contribution in [-0.2, 0) is 5.41 Å². The molecule has 0 amide bonds. The molecular formula is C61H46N2. The molecule has 2 nitrogen and oxygen atoms in total. The third-order valence-corrected chi connectivity index (χ3v) is 12.8. The Morgan fingerprint density at radius 1 is 0.302 bits per heavy atom. The van der Waals surface area contributed by atoms with Crippen LogP contribution in [0.2, 0.25) is 0 Å². The largest absolute Gasteiger partial charge is 0.310 e. The Labute approximate surface area is 370 Å². The smallest absolute Gasteiger partial charge is 0.0546 e. The van der Waals surface area contributed by atoms with Crippen LogP contribution >= 0.6 is 0 Å². The number of nitrogens with zero attached hydrogens (tertiary/aromatic N) is 2. The maximum Gasteiger partial charge on any atom is 0.0546 e. The highest BCUT2D eigenvalue weighted by Crippen LogP contribution is 2.51. The van der Waals surface area contributed by atoms with E-state index in [4.69, 9.17) is 0 Å². The summed E-state index contributed by atoms with van der Waals surface area (Å²) < 4.78 is 0. The number of benzene rings is 10. The molecule has 0 spiro atoms. The molecule has 0 aliphatic heterocycles. The molecule has 0 radical (unpaired) electrons. The fourth-order valence-electron chi connectivity index (χ4n) is 9.70. The third-order valence-electron chi connectivity index (χ3n) is 12.8. The standard InChI is InChI=1S/C61H46N2/c1-61(2)57-28-15-14-27-55(57)56-39-38-53(42-58(56)61)62(49-21-8-4-9-22-49)52-25-16-20-48(41-52)45-31-29-43(30-32-45)44-33-36-51(37-34-44)63(50-23-10-5-11-24-50)59-40-35-46-17-12-13-26-54(46)60(59)47-18-6-3-7-19-47/h3-42H,1-2H3. The minimum atomic E-state index is -0.0847. The fraction of sp³-hybridized carbons (Fsp3) is 0.0492. The summed E-state index contributed by atoms with van der Waals surface area (Å²) in [6.07, 6.45) is 0. The Morgan fingerprint density at radius 3 is 1.51 bits per heavy atom. The predicted octanol–water partition coefficient (Wildman–Crippen LogP) is 17.1. The van der Waals surface area contributed by atoms with E-state index in [0.717, 1.165) is 34.1 Å². The molecule has 10 aromatic carbocycles. The van der Waals surface area contributed by atoms with Crippen molar-refractivity contribution in [3.05, 3.63) is 254 Å². The lowest BCUT2D eigenvalue weighted by Gasteiger charge is -2.29. The lowest BCUT2D eigenvalue weighted by Crippen LogP contribution is -2.16. The van der Waals surface area contributed by atoms with Gasteiger partial charge in [0.15, 0.2) is 0 Å². The van der Waals surface area contributed by atoms with Crippen LogP contribution in [0.4, 0.5) is 34.1 Å². The zero-order valence-corrected chi connectivity index (χ0v) is 35.5. The Kier molecular flexibility index (Phi) is 9.55.